The van der Waals surface area contributed by atoms with Crippen molar-refractivity contribution < 1.29 is 9.21 Å². The number of pyridine rings is 1. The summed E-state index contributed by atoms with van der Waals surface area (Å²) in [6, 6.07) is 3.37. The van der Waals surface area contributed by atoms with Crippen molar-refractivity contribution in [2.75, 3.05) is 0 Å². The summed E-state index contributed by atoms with van der Waals surface area (Å²) >= 11 is 3.25. The van der Waals surface area contributed by atoms with Crippen LogP contribution in [0.15, 0.2) is 27.3 Å². The van der Waals surface area contributed by atoms with Crippen molar-refractivity contribution in [1.29, 1.82) is 0 Å². The number of halogens is 1. The monoisotopic (exact) mass is 225 g/mol. The largest absolute Gasteiger partial charge is 0.453 e. The van der Waals surface area contributed by atoms with Crippen LogP contribution < -0.4 is 0 Å². The highest BCUT2D eigenvalue weighted by Gasteiger charge is 2.05. The van der Waals surface area contributed by atoms with Crippen LogP contribution in [0.1, 0.15) is 10.6 Å². The second kappa shape index (κ2) is 2.71. The number of carbonyl (C=O) groups excluding carboxylic acids is 1. The summed E-state index contributed by atoms with van der Waals surface area (Å²) in [6.07, 6.45) is 2.29. The molecular weight excluding hydrogens is 222 g/mol. The Morgan fingerprint density at radius 1 is 1.58 bits per heavy atom. The highest BCUT2D eigenvalue weighted by molar-refractivity contribution is 9.10. The number of aldehydes is 1. The number of fused-ring (bicyclic) bond motifs is 1. The van der Waals surface area contributed by atoms with Gasteiger partial charge in [0.05, 0.1) is 5.39 Å². The molecule has 0 unspecified atom stereocenters. The predicted molar refractivity (Wildman–Crippen MR) is 47.1 cm³/mol. The van der Waals surface area contributed by atoms with Crippen molar-refractivity contribution >= 4 is 33.2 Å². The van der Waals surface area contributed by atoms with Crippen LogP contribution in [0.5, 0.6) is 0 Å². The molecule has 2 rings (SSSR count). The van der Waals surface area contributed by atoms with Crippen molar-refractivity contribution in [3.05, 3.63) is 28.7 Å². The van der Waals surface area contributed by atoms with E-state index in [4.69, 9.17) is 4.42 Å². The van der Waals surface area contributed by atoms with Gasteiger partial charge in [-0.25, -0.2) is 4.98 Å². The first kappa shape index (κ1) is 7.49. The molecule has 0 aliphatic rings. The van der Waals surface area contributed by atoms with Gasteiger partial charge in [0, 0.05) is 6.20 Å². The van der Waals surface area contributed by atoms with E-state index in [0.717, 1.165) is 5.39 Å². The standard InChI is InChI=1S/C8H4BrNO2/c9-8-6-3-5(4-11)12-7(6)1-2-10-8/h1-4H. The van der Waals surface area contributed by atoms with Crippen LogP contribution in [0.3, 0.4) is 0 Å². The highest BCUT2D eigenvalue weighted by Crippen LogP contribution is 2.23. The van der Waals surface area contributed by atoms with Gasteiger partial charge in [-0.1, -0.05) is 0 Å². The zero-order chi connectivity index (χ0) is 8.55. The number of nitrogens with zero attached hydrogens (tertiary/aromatic N) is 1. The predicted octanol–water partition coefficient (Wildman–Crippen LogP) is 2.40. The minimum Gasteiger partial charge on any atom is -0.453 e. The van der Waals surface area contributed by atoms with Gasteiger partial charge in [-0.15, -0.1) is 0 Å². The number of rotatable bonds is 1. The summed E-state index contributed by atoms with van der Waals surface area (Å²) < 4.78 is 5.85. The molecule has 2 aromatic rings. The molecule has 3 nitrogen and oxygen atoms in total. The van der Waals surface area contributed by atoms with Gasteiger partial charge in [0.25, 0.3) is 0 Å². The van der Waals surface area contributed by atoms with Gasteiger partial charge in [0.15, 0.2) is 12.0 Å². The smallest absolute Gasteiger partial charge is 0.185 e. The number of furan rings is 1. The van der Waals surface area contributed by atoms with Crippen LogP contribution >= 0.6 is 15.9 Å². The van der Waals surface area contributed by atoms with Gasteiger partial charge < -0.3 is 4.42 Å². The Morgan fingerprint density at radius 2 is 2.42 bits per heavy atom. The Bertz CT molecular complexity index is 436. The lowest BCUT2D eigenvalue weighted by Gasteiger charge is -1.87. The van der Waals surface area contributed by atoms with Crippen molar-refractivity contribution in [2.24, 2.45) is 0 Å². The first-order valence-corrected chi connectivity index (χ1v) is 4.10. The van der Waals surface area contributed by atoms with Crippen molar-refractivity contribution in [2.45, 2.75) is 0 Å². The van der Waals surface area contributed by atoms with E-state index >= 15 is 0 Å². The molecule has 0 aliphatic heterocycles. The Kier molecular flexibility index (Phi) is 1.69. The first-order valence-electron chi connectivity index (χ1n) is 3.30. The summed E-state index contributed by atoms with van der Waals surface area (Å²) in [5, 5.41) is 0.819. The summed E-state index contributed by atoms with van der Waals surface area (Å²) in [5.74, 6) is 0.318. The van der Waals surface area contributed by atoms with Gasteiger partial charge in [0.1, 0.15) is 10.2 Å². The molecule has 2 aromatic heterocycles. The van der Waals surface area contributed by atoms with E-state index in [1.165, 1.54) is 0 Å². The Morgan fingerprint density at radius 3 is 3.08 bits per heavy atom. The van der Waals surface area contributed by atoms with Crippen LogP contribution in [-0.2, 0) is 0 Å². The van der Waals surface area contributed by atoms with E-state index in [1.807, 2.05) is 0 Å². The molecule has 0 saturated carbocycles. The quantitative estimate of drug-likeness (QED) is 0.553. The molecule has 0 bridgehead atoms. The van der Waals surface area contributed by atoms with Gasteiger partial charge in [-0.05, 0) is 28.1 Å². The average molecular weight is 226 g/mol. The third-order valence-corrected chi connectivity index (χ3v) is 2.16. The second-order valence-corrected chi connectivity index (χ2v) is 3.03. The van der Waals surface area contributed by atoms with Crippen molar-refractivity contribution in [3.8, 4) is 0 Å². The number of carbonyl (C=O) groups is 1. The Balaban J connectivity index is 2.82. The molecule has 0 aliphatic carbocycles. The van der Waals surface area contributed by atoms with E-state index in [2.05, 4.69) is 20.9 Å². The molecule has 4 heteroatoms. The molecule has 0 fully saturated rings. The fourth-order valence-corrected chi connectivity index (χ4v) is 1.44. The molecule has 0 aromatic carbocycles. The van der Waals surface area contributed by atoms with E-state index < -0.39 is 0 Å². The zero-order valence-corrected chi connectivity index (χ0v) is 7.54. The molecule has 2 heterocycles. The third-order valence-electron chi connectivity index (χ3n) is 1.53. The molecular formula is C8H4BrNO2. The fraction of sp³-hybridized carbons (Fsp3) is 0. The van der Waals surface area contributed by atoms with Gasteiger partial charge in [-0.3, -0.25) is 4.79 Å². The molecule has 0 saturated heterocycles. The summed E-state index contributed by atoms with van der Waals surface area (Å²) in [7, 11) is 0. The van der Waals surface area contributed by atoms with Crippen LogP contribution in [0.2, 0.25) is 0 Å². The molecule has 12 heavy (non-hydrogen) atoms. The van der Waals surface area contributed by atoms with E-state index in [9.17, 15) is 4.79 Å². The molecule has 0 N–H and O–H groups in total. The summed E-state index contributed by atoms with van der Waals surface area (Å²) in [6.45, 7) is 0. The minimum absolute atomic E-state index is 0.318. The van der Waals surface area contributed by atoms with Gasteiger partial charge >= 0.3 is 0 Å². The molecule has 0 amide bonds. The lowest BCUT2D eigenvalue weighted by atomic mass is 10.3. The maximum Gasteiger partial charge on any atom is 0.185 e. The lowest BCUT2D eigenvalue weighted by molar-refractivity contribution is 0.110. The van der Waals surface area contributed by atoms with Crippen LogP contribution in [-0.4, -0.2) is 11.3 Å². The van der Waals surface area contributed by atoms with E-state index in [1.54, 1.807) is 18.3 Å². The van der Waals surface area contributed by atoms with Crippen LogP contribution in [0.4, 0.5) is 0 Å². The molecule has 0 radical (unpaired) electrons. The molecule has 0 atom stereocenters. The summed E-state index contributed by atoms with van der Waals surface area (Å²) in [5.41, 5.74) is 0.666. The molecule has 60 valence electrons. The maximum absolute atomic E-state index is 10.4. The fourth-order valence-electron chi connectivity index (χ4n) is 1.01. The first-order chi connectivity index (χ1) is 5.81. The van der Waals surface area contributed by atoms with E-state index in [0.29, 0.717) is 22.2 Å². The topological polar surface area (TPSA) is 43.1 Å². The average Bonchev–Trinajstić information content (AvgIpc) is 2.49. The number of hydrogen-bond acceptors (Lipinski definition) is 3. The van der Waals surface area contributed by atoms with Crippen LogP contribution in [0, 0.1) is 0 Å². The molecule has 0 spiro atoms. The third kappa shape index (κ3) is 1.04. The number of hydrogen-bond donors (Lipinski definition) is 0. The maximum atomic E-state index is 10.4. The number of aromatic nitrogens is 1. The van der Waals surface area contributed by atoms with E-state index in [-0.39, 0.29) is 0 Å². The van der Waals surface area contributed by atoms with Crippen molar-refractivity contribution in [3.63, 3.8) is 0 Å². The van der Waals surface area contributed by atoms with Crippen LogP contribution in [0.25, 0.3) is 11.0 Å². The van der Waals surface area contributed by atoms with Gasteiger partial charge in [0.2, 0.25) is 0 Å². The van der Waals surface area contributed by atoms with Crippen molar-refractivity contribution in [1.82, 2.24) is 4.98 Å². The lowest BCUT2D eigenvalue weighted by Crippen LogP contribution is -1.72. The normalized spacial score (nSPS) is 10.4. The highest BCUT2D eigenvalue weighted by atomic mass is 79.9. The van der Waals surface area contributed by atoms with Gasteiger partial charge in [-0.2, -0.15) is 0 Å². The SMILES string of the molecule is O=Cc1cc2c(Br)nccc2o1. The minimum atomic E-state index is 0.318. The second-order valence-electron chi connectivity index (χ2n) is 2.28. The Labute approximate surface area is 76.5 Å². The summed E-state index contributed by atoms with van der Waals surface area (Å²) in [4.78, 5) is 14.4. The Hall–Kier alpha value is -1.16. The zero-order valence-electron chi connectivity index (χ0n) is 5.95.